The van der Waals surface area contributed by atoms with Crippen molar-refractivity contribution < 1.29 is 0 Å². The average molecular weight is 643 g/mol. The van der Waals surface area contributed by atoms with E-state index >= 15 is 0 Å². The maximum atomic E-state index is 5.16. The van der Waals surface area contributed by atoms with Crippen molar-refractivity contribution in [2.75, 3.05) is 0 Å². The van der Waals surface area contributed by atoms with Gasteiger partial charge in [0.15, 0.2) is 17.5 Å². The summed E-state index contributed by atoms with van der Waals surface area (Å²) in [6.07, 6.45) is 0. The van der Waals surface area contributed by atoms with Crippen molar-refractivity contribution in [3.05, 3.63) is 158 Å². The van der Waals surface area contributed by atoms with Crippen molar-refractivity contribution in [2.45, 2.75) is 0 Å². The van der Waals surface area contributed by atoms with Crippen LogP contribution >= 0.6 is 11.3 Å². The summed E-state index contributed by atoms with van der Waals surface area (Å²) in [4.78, 5) is 20.4. The van der Waals surface area contributed by atoms with Crippen LogP contribution in [0.4, 0.5) is 0 Å². The first kappa shape index (κ1) is 27.8. The first-order valence-electron chi connectivity index (χ1n) is 16.3. The fourth-order valence-electron chi connectivity index (χ4n) is 6.92. The van der Waals surface area contributed by atoms with Gasteiger partial charge in [0.05, 0.1) is 15.9 Å². The Hall–Kier alpha value is -6.30. The van der Waals surface area contributed by atoms with Crippen LogP contribution in [0.3, 0.4) is 0 Å². The number of nitrogens with zero attached hydrogens (tertiary/aromatic N) is 4. The van der Waals surface area contributed by atoms with E-state index in [0.29, 0.717) is 17.5 Å². The van der Waals surface area contributed by atoms with Gasteiger partial charge in [-0.3, -0.25) is 0 Å². The quantitative estimate of drug-likeness (QED) is 0.179. The predicted octanol–water partition coefficient (Wildman–Crippen LogP) is 11.8. The minimum atomic E-state index is 0.644. The number of rotatable bonds is 4. The lowest BCUT2D eigenvalue weighted by atomic mass is 10.00. The second-order valence-corrected chi connectivity index (χ2v) is 13.3. The summed E-state index contributed by atoms with van der Waals surface area (Å²) in [5.41, 5.74) is 5.96. The van der Waals surface area contributed by atoms with Crippen molar-refractivity contribution in [3.63, 3.8) is 0 Å². The molecule has 0 aliphatic rings. The zero-order chi connectivity index (χ0) is 32.3. The molecule has 0 saturated heterocycles. The summed E-state index contributed by atoms with van der Waals surface area (Å²) >= 11 is 1.79. The molecule has 10 aromatic rings. The van der Waals surface area contributed by atoms with Gasteiger partial charge in [-0.25, -0.2) is 19.9 Å². The molecule has 0 fully saturated rings. The van der Waals surface area contributed by atoms with Crippen LogP contribution in [-0.2, 0) is 0 Å². The van der Waals surface area contributed by atoms with E-state index in [0.717, 1.165) is 44.2 Å². The van der Waals surface area contributed by atoms with Crippen molar-refractivity contribution >= 4 is 64.0 Å². The molecule has 49 heavy (non-hydrogen) atoms. The van der Waals surface area contributed by atoms with E-state index in [1.54, 1.807) is 11.3 Å². The van der Waals surface area contributed by atoms with Gasteiger partial charge in [0.25, 0.3) is 0 Å². The zero-order valence-corrected chi connectivity index (χ0v) is 27.0. The highest BCUT2D eigenvalue weighted by Crippen LogP contribution is 2.44. The molecule has 0 saturated carbocycles. The molecule has 0 N–H and O–H groups in total. The number of para-hydroxylation sites is 1. The van der Waals surface area contributed by atoms with Crippen LogP contribution in [0.1, 0.15) is 0 Å². The maximum absolute atomic E-state index is 5.16. The summed E-state index contributed by atoms with van der Waals surface area (Å²) in [7, 11) is 0. The predicted molar refractivity (Wildman–Crippen MR) is 205 cm³/mol. The Morgan fingerprint density at radius 3 is 1.76 bits per heavy atom. The van der Waals surface area contributed by atoms with Gasteiger partial charge < -0.3 is 0 Å². The van der Waals surface area contributed by atoms with Gasteiger partial charge in [-0.2, -0.15) is 0 Å². The molecular formula is C44H26N4S. The molecule has 0 amide bonds. The molecular weight excluding hydrogens is 617 g/mol. The first-order chi connectivity index (χ1) is 24.3. The van der Waals surface area contributed by atoms with Crippen LogP contribution in [0.2, 0.25) is 0 Å². The second-order valence-electron chi connectivity index (χ2n) is 12.3. The van der Waals surface area contributed by atoms with Crippen LogP contribution in [-0.4, -0.2) is 19.9 Å². The van der Waals surface area contributed by atoms with E-state index in [4.69, 9.17) is 19.9 Å². The highest BCUT2D eigenvalue weighted by atomic mass is 32.1. The normalized spacial score (nSPS) is 11.7. The fraction of sp³-hybridized carbons (Fsp3) is 0. The SMILES string of the molecule is c1ccc(-c2nc(-c3ccc4c(ccc5ccccc54)c3)nc(-c3ccc4sc5c(-c6ccccc6)nc6ccccc6c5c4c3)n2)cc1. The molecule has 0 atom stereocenters. The number of fused-ring (bicyclic) bond motifs is 8. The van der Waals surface area contributed by atoms with Gasteiger partial charge in [-0.1, -0.05) is 127 Å². The lowest BCUT2D eigenvalue weighted by Gasteiger charge is -2.10. The molecule has 7 aromatic carbocycles. The lowest BCUT2D eigenvalue weighted by molar-refractivity contribution is 1.08. The third-order valence-electron chi connectivity index (χ3n) is 9.28. The monoisotopic (exact) mass is 642 g/mol. The third-order valence-corrected chi connectivity index (χ3v) is 10.5. The van der Waals surface area contributed by atoms with Crippen molar-refractivity contribution in [1.29, 1.82) is 0 Å². The Labute approximate surface area is 286 Å². The number of pyridine rings is 1. The Morgan fingerprint density at radius 2 is 0.959 bits per heavy atom. The molecule has 0 aliphatic heterocycles. The van der Waals surface area contributed by atoms with Crippen LogP contribution in [0.15, 0.2) is 158 Å². The van der Waals surface area contributed by atoms with Crippen LogP contribution in [0.25, 0.3) is 98.0 Å². The number of hydrogen-bond acceptors (Lipinski definition) is 5. The van der Waals surface area contributed by atoms with Crippen LogP contribution in [0, 0.1) is 0 Å². The molecule has 0 aliphatic carbocycles. The molecule has 5 heteroatoms. The third kappa shape index (κ3) is 4.66. The summed E-state index contributed by atoms with van der Waals surface area (Å²) in [5, 5.41) is 8.37. The molecule has 0 radical (unpaired) electrons. The average Bonchev–Trinajstić information content (AvgIpc) is 3.57. The number of thiophene rings is 1. The van der Waals surface area contributed by atoms with Gasteiger partial charge >= 0.3 is 0 Å². The summed E-state index contributed by atoms with van der Waals surface area (Å²) in [6, 6.07) is 55.0. The number of hydrogen-bond donors (Lipinski definition) is 0. The van der Waals surface area contributed by atoms with E-state index in [9.17, 15) is 0 Å². The Bertz CT molecular complexity index is 2880. The summed E-state index contributed by atoms with van der Waals surface area (Å²) < 4.78 is 2.38. The second kappa shape index (κ2) is 11.2. The van der Waals surface area contributed by atoms with E-state index < -0.39 is 0 Å². The van der Waals surface area contributed by atoms with E-state index in [2.05, 4.69) is 133 Å². The van der Waals surface area contributed by atoms with Gasteiger partial charge in [-0.15, -0.1) is 11.3 Å². The maximum Gasteiger partial charge on any atom is 0.164 e. The summed E-state index contributed by atoms with van der Waals surface area (Å²) in [5.74, 6) is 1.94. The minimum Gasteiger partial charge on any atom is -0.246 e. The Kier molecular flexibility index (Phi) is 6.32. The van der Waals surface area contributed by atoms with Gasteiger partial charge in [-0.05, 0) is 51.9 Å². The molecule has 228 valence electrons. The number of benzene rings is 7. The topological polar surface area (TPSA) is 51.6 Å². The smallest absolute Gasteiger partial charge is 0.164 e. The number of aromatic nitrogens is 4. The van der Waals surface area contributed by atoms with E-state index in [1.165, 1.54) is 36.3 Å². The molecule has 4 nitrogen and oxygen atoms in total. The van der Waals surface area contributed by atoms with Gasteiger partial charge in [0, 0.05) is 43.1 Å². The van der Waals surface area contributed by atoms with Crippen molar-refractivity contribution in [2.24, 2.45) is 0 Å². The molecule has 0 spiro atoms. The minimum absolute atomic E-state index is 0.644. The largest absolute Gasteiger partial charge is 0.246 e. The van der Waals surface area contributed by atoms with Crippen LogP contribution < -0.4 is 0 Å². The summed E-state index contributed by atoms with van der Waals surface area (Å²) in [6.45, 7) is 0. The molecule has 0 unspecified atom stereocenters. The molecule has 10 rings (SSSR count). The Morgan fingerprint density at radius 1 is 0.367 bits per heavy atom. The van der Waals surface area contributed by atoms with Crippen molar-refractivity contribution in [1.82, 2.24) is 19.9 Å². The highest BCUT2D eigenvalue weighted by molar-refractivity contribution is 7.26. The van der Waals surface area contributed by atoms with E-state index in [1.807, 2.05) is 24.3 Å². The van der Waals surface area contributed by atoms with Gasteiger partial charge in [0.2, 0.25) is 0 Å². The zero-order valence-electron chi connectivity index (χ0n) is 26.2. The fourth-order valence-corrected chi connectivity index (χ4v) is 8.13. The van der Waals surface area contributed by atoms with Gasteiger partial charge in [0.1, 0.15) is 0 Å². The molecule has 0 bridgehead atoms. The first-order valence-corrected chi connectivity index (χ1v) is 17.1. The Balaban J connectivity index is 1.19. The van der Waals surface area contributed by atoms with Crippen LogP contribution in [0.5, 0.6) is 0 Å². The highest BCUT2D eigenvalue weighted by Gasteiger charge is 2.18. The standard InChI is InChI=1S/C44H26N4S/c1-3-12-28(13-4-1)40-41-39(35-17-9-10-18-37(35)45-40)36-26-32(22-24-38(36)49-41)44-47-42(29-14-5-2-6-15-29)46-43(48-44)31-21-23-34-30(25-31)20-19-27-11-7-8-16-33(27)34/h1-26H. The molecule has 3 aromatic heterocycles. The lowest BCUT2D eigenvalue weighted by Crippen LogP contribution is -2.00. The van der Waals surface area contributed by atoms with Crippen molar-refractivity contribution in [3.8, 4) is 45.4 Å². The van der Waals surface area contributed by atoms with E-state index in [-0.39, 0.29) is 0 Å². The molecule has 3 heterocycles.